The van der Waals surface area contributed by atoms with Gasteiger partial charge in [0.25, 0.3) is 0 Å². The highest BCUT2D eigenvalue weighted by Gasteiger charge is 2.30. The predicted molar refractivity (Wildman–Crippen MR) is 105 cm³/mol. The summed E-state index contributed by atoms with van der Waals surface area (Å²) in [6, 6.07) is 11.8. The monoisotopic (exact) mass is 379 g/mol. The molecule has 1 N–H and O–H groups in total. The fourth-order valence-corrected chi connectivity index (χ4v) is 4.37. The maximum Gasteiger partial charge on any atom is 0.320 e. The van der Waals surface area contributed by atoms with Gasteiger partial charge in [-0.25, -0.2) is 0 Å². The first kappa shape index (κ1) is 17.1. The van der Waals surface area contributed by atoms with Crippen molar-refractivity contribution in [2.75, 3.05) is 20.4 Å². The highest BCUT2D eigenvalue weighted by atomic mass is 16.7. The fourth-order valence-electron chi connectivity index (χ4n) is 4.37. The number of hydrogen-bond donors (Lipinski definition) is 1. The third-order valence-electron chi connectivity index (χ3n) is 5.76. The molecular formula is C22H21NO5. The second-order valence-corrected chi connectivity index (χ2v) is 7.34. The Labute approximate surface area is 162 Å². The molecule has 5 rings (SSSR count). The van der Waals surface area contributed by atoms with Gasteiger partial charge >= 0.3 is 5.97 Å². The molecule has 2 heterocycles. The van der Waals surface area contributed by atoms with Crippen LogP contribution in [0.4, 0.5) is 0 Å². The van der Waals surface area contributed by atoms with Crippen molar-refractivity contribution in [3.05, 3.63) is 42.0 Å². The van der Waals surface area contributed by atoms with Crippen LogP contribution in [0.25, 0.3) is 21.5 Å². The zero-order valence-electron chi connectivity index (χ0n) is 15.6. The summed E-state index contributed by atoms with van der Waals surface area (Å²) in [7, 11) is 1.66. The van der Waals surface area contributed by atoms with Crippen LogP contribution in [0.3, 0.4) is 0 Å². The first-order valence-electron chi connectivity index (χ1n) is 9.44. The molecule has 144 valence electrons. The summed E-state index contributed by atoms with van der Waals surface area (Å²) in [4.78, 5) is 13.7. The maximum absolute atomic E-state index is 11.6. The second-order valence-electron chi connectivity index (χ2n) is 7.34. The number of benzene rings is 3. The standard InChI is InChI=1S/C22H21NO5/c1-26-15-4-5-16-14(11-23-6-2-3-19(23)22(24)25)7-13-8-20-21(28-12-27-20)10-17(13)18(16)9-15/h4-5,7-10,19H,2-3,6,11-12H2,1H3,(H,24,25)/t19-/m1/s1. The Morgan fingerprint density at radius 2 is 1.96 bits per heavy atom. The van der Waals surface area contributed by atoms with E-state index in [9.17, 15) is 9.90 Å². The van der Waals surface area contributed by atoms with E-state index in [1.165, 1.54) is 0 Å². The average molecular weight is 379 g/mol. The molecular weight excluding hydrogens is 358 g/mol. The zero-order chi connectivity index (χ0) is 19.3. The van der Waals surface area contributed by atoms with E-state index in [1.54, 1.807) is 7.11 Å². The molecule has 6 heteroatoms. The van der Waals surface area contributed by atoms with E-state index in [0.717, 1.165) is 57.3 Å². The molecule has 3 aromatic carbocycles. The molecule has 6 nitrogen and oxygen atoms in total. The molecule has 1 atom stereocenters. The number of carboxylic acid groups (broad SMARTS) is 1. The highest BCUT2D eigenvalue weighted by molar-refractivity contribution is 6.10. The van der Waals surface area contributed by atoms with Crippen LogP contribution < -0.4 is 14.2 Å². The van der Waals surface area contributed by atoms with Gasteiger partial charge in [-0.1, -0.05) is 6.07 Å². The lowest BCUT2D eigenvalue weighted by molar-refractivity contribution is -0.142. The molecule has 0 radical (unpaired) electrons. The van der Waals surface area contributed by atoms with E-state index in [-0.39, 0.29) is 6.79 Å². The molecule has 0 aromatic heterocycles. The first-order valence-corrected chi connectivity index (χ1v) is 9.44. The quantitative estimate of drug-likeness (QED) is 0.696. The van der Waals surface area contributed by atoms with Crippen molar-refractivity contribution < 1.29 is 24.1 Å². The van der Waals surface area contributed by atoms with Crippen molar-refractivity contribution in [3.63, 3.8) is 0 Å². The topological polar surface area (TPSA) is 68.2 Å². The van der Waals surface area contributed by atoms with E-state index in [0.29, 0.717) is 13.0 Å². The van der Waals surface area contributed by atoms with E-state index in [4.69, 9.17) is 14.2 Å². The molecule has 0 spiro atoms. The normalized spacial score (nSPS) is 18.8. The lowest BCUT2D eigenvalue weighted by Crippen LogP contribution is -2.35. The number of rotatable bonds is 4. The highest BCUT2D eigenvalue weighted by Crippen LogP contribution is 2.41. The van der Waals surface area contributed by atoms with Gasteiger partial charge in [0, 0.05) is 6.54 Å². The molecule has 0 bridgehead atoms. The van der Waals surface area contributed by atoms with Gasteiger partial charge in [0.2, 0.25) is 6.79 Å². The first-order chi connectivity index (χ1) is 13.6. The van der Waals surface area contributed by atoms with Gasteiger partial charge in [0.15, 0.2) is 11.5 Å². The van der Waals surface area contributed by atoms with Gasteiger partial charge in [-0.05, 0) is 76.8 Å². The van der Waals surface area contributed by atoms with Gasteiger partial charge in [-0.2, -0.15) is 0 Å². The summed E-state index contributed by atoms with van der Waals surface area (Å²) < 4.78 is 16.6. The predicted octanol–water partition coefficient (Wildman–Crippen LogP) is 3.78. The van der Waals surface area contributed by atoms with Crippen LogP contribution in [-0.4, -0.2) is 42.5 Å². The Morgan fingerprint density at radius 3 is 2.75 bits per heavy atom. The third kappa shape index (κ3) is 2.72. The summed E-state index contributed by atoms with van der Waals surface area (Å²) in [5.74, 6) is 1.53. The van der Waals surface area contributed by atoms with E-state index < -0.39 is 12.0 Å². The van der Waals surface area contributed by atoms with Gasteiger partial charge in [0.05, 0.1) is 7.11 Å². The Hall–Kier alpha value is -2.99. The SMILES string of the molecule is COc1ccc2c(CN3CCC[C@@H]3C(=O)O)cc3cc4c(cc3c2c1)OCO4. The maximum atomic E-state index is 11.6. The van der Waals surface area contributed by atoms with Crippen molar-refractivity contribution in [3.8, 4) is 17.2 Å². The molecule has 3 aromatic rings. The Kier molecular flexibility index (Phi) is 4.02. The van der Waals surface area contributed by atoms with Crippen molar-refractivity contribution >= 4 is 27.5 Å². The molecule has 0 saturated carbocycles. The Bertz CT molecular complexity index is 1090. The number of carboxylic acids is 1. The Morgan fingerprint density at radius 1 is 1.14 bits per heavy atom. The van der Waals surface area contributed by atoms with Gasteiger partial charge < -0.3 is 19.3 Å². The molecule has 0 unspecified atom stereocenters. The number of carbonyl (C=O) groups is 1. The molecule has 1 fully saturated rings. The number of aliphatic carboxylic acids is 1. The van der Waals surface area contributed by atoms with Crippen LogP contribution in [-0.2, 0) is 11.3 Å². The average Bonchev–Trinajstić information content (AvgIpc) is 3.35. The second kappa shape index (κ2) is 6.56. The van der Waals surface area contributed by atoms with Crippen LogP contribution in [0.2, 0.25) is 0 Å². The van der Waals surface area contributed by atoms with E-state index in [1.807, 2.05) is 24.3 Å². The van der Waals surface area contributed by atoms with Crippen molar-refractivity contribution in [1.29, 1.82) is 0 Å². The van der Waals surface area contributed by atoms with Crippen LogP contribution in [0, 0.1) is 0 Å². The van der Waals surface area contributed by atoms with Gasteiger partial charge in [-0.15, -0.1) is 0 Å². The van der Waals surface area contributed by atoms with Crippen LogP contribution in [0.1, 0.15) is 18.4 Å². The number of likely N-dealkylation sites (tertiary alicyclic amines) is 1. The fraction of sp³-hybridized carbons (Fsp3) is 0.318. The van der Waals surface area contributed by atoms with Crippen LogP contribution in [0.5, 0.6) is 17.2 Å². The lowest BCUT2D eigenvalue weighted by atomic mass is 9.96. The summed E-state index contributed by atoms with van der Waals surface area (Å²) in [6.07, 6.45) is 1.61. The molecule has 2 aliphatic rings. The minimum Gasteiger partial charge on any atom is -0.497 e. The van der Waals surface area contributed by atoms with Crippen LogP contribution in [0.15, 0.2) is 36.4 Å². The molecule has 2 aliphatic heterocycles. The summed E-state index contributed by atoms with van der Waals surface area (Å²) in [6.45, 7) is 1.63. The number of nitrogens with zero attached hydrogens (tertiary/aromatic N) is 1. The summed E-state index contributed by atoms with van der Waals surface area (Å²) in [5.41, 5.74) is 1.11. The molecule has 28 heavy (non-hydrogen) atoms. The lowest BCUT2D eigenvalue weighted by Gasteiger charge is -2.22. The zero-order valence-corrected chi connectivity index (χ0v) is 15.6. The molecule has 0 aliphatic carbocycles. The van der Waals surface area contributed by atoms with E-state index >= 15 is 0 Å². The van der Waals surface area contributed by atoms with Crippen molar-refractivity contribution in [1.82, 2.24) is 4.90 Å². The third-order valence-corrected chi connectivity index (χ3v) is 5.76. The molecule has 0 amide bonds. The van der Waals surface area contributed by atoms with Gasteiger partial charge in [0.1, 0.15) is 11.8 Å². The smallest absolute Gasteiger partial charge is 0.320 e. The molecule has 1 saturated heterocycles. The number of hydrogen-bond acceptors (Lipinski definition) is 5. The van der Waals surface area contributed by atoms with Crippen molar-refractivity contribution in [2.45, 2.75) is 25.4 Å². The van der Waals surface area contributed by atoms with E-state index in [2.05, 4.69) is 17.0 Å². The number of fused-ring (bicyclic) bond motifs is 4. The van der Waals surface area contributed by atoms with Crippen molar-refractivity contribution in [2.24, 2.45) is 0 Å². The summed E-state index contributed by atoms with van der Waals surface area (Å²) in [5, 5.41) is 13.8. The van der Waals surface area contributed by atoms with Crippen LogP contribution >= 0.6 is 0 Å². The minimum atomic E-state index is -0.743. The van der Waals surface area contributed by atoms with Gasteiger partial charge in [-0.3, -0.25) is 9.69 Å². The Balaban J connectivity index is 1.69. The number of ether oxygens (including phenoxy) is 3. The largest absolute Gasteiger partial charge is 0.497 e. The number of methoxy groups -OCH3 is 1. The minimum absolute atomic E-state index is 0.230. The summed E-state index contributed by atoms with van der Waals surface area (Å²) >= 11 is 0.